The van der Waals surface area contributed by atoms with Gasteiger partial charge < -0.3 is 15.1 Å². The Morgan fingerprint density at radius 3 is 2.58 bits per heavy atom. The summed E-state index contributed by atoms with van der Waals surface area (Å²) in [4.78, 5) is 25.5. The fourth-order valence-corrected chi connectivity index (χ4v) is 3.81. The Bertz CT molecular complexity index is 1070. The lowest BCUT2D eigenvalue weighted by molar-refractivity contribution is -0.119. The predicted octanol–water partition coefficient (Wildman–Crippen LogP) is 3.05. The number of halogens is 1. The van der Waals surface area contributed by atoms with Crippen molar-refractivity contribution in [2.24, 2.45) is 0 Å². The Balaban J connectivity index is 1.46. The lowest BCUT2D eigenvalue weighted by Gasteiger charge is -2.39. The van der Waals surface area contributed by atoms with E-state index in [1.165, 1.54) is 12.1 Å². The molecule has 1 N–H and O–H groups in total. The monoisotopic (exact) mass is 423 g/mol. The van der Waals surface area contributed by atoms with Crippen LogP contribution in [0.5, 0.6) is 0 Å². The SMILES string of the molecule is CCN1C(=O)[C@@H](C)N(CC)c2nc(NCc3cnn(Cc4ccc(F)cc4)c3)ncc21. The number of carbonyl (C=O) groups excluding carboxylic acids is 1. The zero-order valence-corrected chi connectivity index (χ0v) is 17.9. The molecule has 4 rings (SSSR count). The number of fused-ring (bicyclic) bond motifs is 1. The first-order valence-electron chi connectivity index (χ1n) is 10.4. The molecule has 1 aromatic carbocycles. The Hall–Kier alpha value is -3.49. The van der Waals surface area contributed by atoms with Gasteiger partial charge in [0.05, 0.1) is 18.9 Å². The second-order valence-corrected chi connectivity index (χ2v) is 7.47. The zero-order valence-electron chi connectivity index (χ0n) is 17.9. The van der Waals surface area contributed by atoms with Crippen LogP contribution in [0.1, 0.15) is 31.9 Å². The van der Waals surface area contributed by atoms with Crippen molar-refractivity contribution in [1.29, 1.82) is 0 Å². The highest BCUT2D eigenvalue weighted by molar-refractivity contribution is 6.04. The molecule has 2 aromatic heterocycles. The Morgan fingerprint density at radius 1 is 1.10 bits per heavy atom. The molecule has 0 unspecified atom stereocenters. The first-order chi connectivity index (χ1) is 15.0. The van der Waals surface area contributed by atoms with Crippen LogP contribution < -0.4 is 15.1 Å². The van der Waals surface area contributed by atoms with Gasteiger partial charge in [0, 0.05) is 31.4 Å². The molecule has 0 saturated carbocycles. The van der Waals surface area contributed by atoms with E-state index in [9.17, 15) is 9.18 Å². The van der Waals surface area contributed by atoms with Crippen LogP contribution in [-0.4, -0.2) is 44.8 Å². The predicted molar refractivity (Wildman–Crippen MR) is 118 cm³/mol. The molecule has 0 fully saturated rings. The van der Waals surface area contributed by atoms with Crippen LogP contribution in [0, 0.1) is 5.82 Å². The van der Waals surface area contributed by atoms with Gasteiger partial charge in [-0.1, -0.05) is 12.1 Å². The highest BCUT2D eigenvalue weighted by Crippen LogP contribution is 2.34. The molecule has 1 atom stereocenters. The van der Waals surface area contributed by atoms with Crippen molar-refractivity contribution in [2.45, 2.75) is 39.9 Å². The third-order valence-corrected chi connectivity index (χ3v) is 5.46. The first-order valence-corrected chi connectivity index (χ1v) is 10.4. The number of rotatable bonds is 7. The quantitative estimate of drug-likeness (QED) is 0.629. The highest BCUT2D eigenvalue weighted by atomic mass is 19.1. The van der Waals surface area contributed by atoms with Gasteiger partial charge >= 0.3 is 0 Å². The van der Waals surface area contributed by atoms with Gasteiger partial charge in [-0.15, -0.1) is 0 Å². The summed E-state index contributed by atoms with van der Waals surface area (Å²) in [6.45, 7) is 8.22. The molecule has 1 aliphatic heterocycles. The standard InChI is InChI=1S/C22H26FN7O/c1-4-29-15(3)21(31)30(5-2)19-12-25-22(27-20(19)29)24-10-17-11-26-28(14-17)13-16-6-8-18(23)9-7-16/h6-9,11-12,14-15H,4-5,10,13H2,1-3H3,(H,24,25,27)/t15-/m1/s1. The number of amides is 1. The number of nitrogens with zero attached hydrogens (tertiary/aromatic N) is 6. The molecular weight excluding hydrogens is 397 g/mol. The third-order valence-electron chi connectivity index (χ3n) is 5.46. The summed E-state index contributed by atoms with van der Waals surface area (Å²) >= 11 is 0. The van der Waals surface area contributed by atoms with E-state index in [-0.39, 0.29) is 17.8 Å². The maximum Gasteiger partial charge on any atom is 0.249 e. The van der Waals surface area contributed by atoms with Crippen LogP contribution in [0.4, 0.5) is 21.8 Å². The van der Waals surface area contributed by atoms with E-state index in [2.05, 4.69) is 15.4 Å². The molecule has 0 radical (unpaired) electrons. The number of hydrogen-bond donors (Lipinski definition) is 1. The van der Waals surface area contributed by atoms with E-state index in [0.29, 0.717) is 32.1 Å². The minimum Gasteiger partial charge on any atom is -0.350 e. The van der Waals surface area contributed by atoms with Crippen molar-refractivity contribution >= 4 is 23.4 Å². The molecule has 3 heterocycles. The number of anilines is 3. The van der Waals surface area contributed by atoms with Crippen LogP contribution in [0.25, 0.3) is 0 Å². The molecule has 0 bridgehead atoms. The zero-order chi connectivity index (χ0) is 22.0. The second-order valence-electron chi connectivity index (χ2n) is 7.47. The molecule has 0 spiro atoms. The topological polar surface area (TPSA) is 79.2 Å². The summed E-state index contributed by atoms with van der Waals surface area (Å²) in [5.41, 5.74) is 2.70. The van der Waals surface area contributed by atoms with Crippen molar-refractivity contribution in [3.05, 3.63) is 59.8 Å². The lowest BCUT2D eigenvalue weighted by Crippen LogP contribution is -2.52. The van der Waals surface area contributed by atoms with E-state index in [1.54, 1.807) is 29.4 Å². The minimum absolute atomic E-state index is 0.0646. The van der Waals surface area contributed by atoms with Gasteiger partial charge in [0.25, 0.3) is 0 Å². The lowest BCUT2D eigenvalue weighted by atomic mass is 10.1. The average Bonchev–Trinajstić information content (AvgIpc) is 3.22. The van der Waals surface area contributed by atoms with E-state index >= 15 is 0 Å². The van der Waals surface area contributed by atoms with Gasteiger partial charge in [-0.3, -0.25) is 9.48 Å². The van der Waals surface area contributed by atoms with Crippen LogP contribution in [0.15, 0.2) is 42.9 Å². The molecular formula is C22H26FN7O. The van der Waals surface area contributed by atoms with Crippen molar-refractivity contribution in [1.82, 2.24) is 19.7 Å². The Labute approximate surface area is 180 Å². The molecule has 1 aliphatic rings. The molecule has 0 saturated heterocycles. The summed E-state index contributed by atoms with van der Waals surface area (Å²) in [7, 11) is 0. The van der Waals surface area contributed by atoms with Crippen LogP contribution in [0.3, 0.4) is 0 Å². The van der Waals surface area contributed by atoms with Crippen molar-refractivity contribution in [3.63, 3.8) is 0 Å². The van der Waals surface area contributed by atoms with Gasteiger partial charge in [-0.05, 0) is 38.5 Å². The number of nitrogens with one attached hydrogen (secondary N) is 1. The minimum atomic E-state index is -0.259. The summed E-state index contributed by atoms with van der Waals surface area (Å²) in [6.07, 6.45) is 5.43. The molecule has 31 heavy (non-hydrogen) atoms. The van der Waals surface area contributed by atoms with Gasteiger partial charge in [-0.25, -0.2) is 9.37 Å². The van der Waals surface area contributed by atoms with Gasteiger partial charge in [0.2, 0.25) is 11.9 Å². The normalized spacial score (nSPS) is 15.9. The first kappa shape index (κ1) is 20.8. The van der Waals surface area contributed by atoms with Crippen molar-refractivity contribution < 1.29 is 9.18 Å². The summed E-state index contributed by atoms with van der Waals surface area (Å²) < 4.78 is 14.9. The van der Waals surface area contributed by atoms with E-state index in [4.69, 9.17) is 4.98 Å². The summed E-state index contributed by atoms with van der Waals surface area (Å²) in [5.74, 6) is 1.08. The molecule has 162 valence electrons. The maximum atomic E-state index is 13.1. The number of hydrogen-bond acceptors (Lipinski definition) is 6. The van der Waals surface area contributed by atoms with E-state index in [0.717, 1.165) is 22.6 Å². The third kappa shape index (κ3) is 4.21. The Morgan fingerprint density at radius 2 is 1.87 bits per heavy atom. The van der Waals surface area contributed by atoms with Gasteiger partial charge in [0.1, 0.15) is 17.5 Å². The Kier molecular flexibility index (Phi) is 5.83. The summed E-state index contributed by atoms with van der Waals surface area (Å²) in [5, 5.41) is 7.61. The smallest absolute Gasteiger partial charge is 0.249 e. The fraction of sp³-hybridized carbons (Fsp3) is 0.364. The molecule has 9 heteroatoms. The fourth-order valence-electron chi connectivity index (χ4n) is 3.81. The molecule has 3 aromatic rings. The molecule has 0 aliphatic carbocycles. The molecule has 1 amide bonds. The largest absolute Gasteiger partial charge is 0.350 e. The number of likely N-dealkylation sites (N-methyl/N-ethyl adjacent to an activating group) is 2. The van der Waals surface area contributed by atoms with E-state index in [1.807, 2.05) is 36.5 Å². The second kappa shape index (κ2) is 8.71. The van der Waals surface area contributed by atoms with Crippen LogP contribution >= 0.6 is 0 Å². The number of carbonyl (C=O) groups is 1. The van der Waals surface area contributed by atoms with Crippen molar-refractivity contribution in [3.8, 4) is 0 Å². The number of benzene rings is 1. The average molecular weight is 423 g/mol. The van der Waals surface area contributed by atoms with Crippen LogP contribution in [0.2, 0.25) is 0 Å². The molecule has 8 nitrogen and oxygen atoms in total. The summed E-state index contributed by atoms with van der Waals surface area (Å²) in [6, 6.07) is 6.14. The van der Waals surface area contributed by atoms with Crippen molar-refractivity contribution in [2.75, 3.05) is 28.2 Å². The van der Waals surface area contributed by atoms with Gasteiger partial charge in [0.15, 0.2) is 5.82 Å². The highest BCUT2D eigenvalue weighted by Gasteiger charge is 2.35. The maximum absolute atomic E-state index is 13.1. The van der Waals surface area contributed by atoms with Gasteiger partial charge in [-0.2, -0.15) is 10.1 Å². The number of aromatic nitrogens is 4. The van der Waals surface area contributed by atoms with Crippen LogP contribution in [-0.2, 0) is 17.9 Å². The van der Waals surface area contributed by atoms with E-state index < -0.39 is 0 Å².